The Morgan fingerprint density at radius 2 is 1.82 bits per heavy atom. The zero-order chi connectivity index (χ0) is 12.7. The predicted octanol–water partition coefficient (Wildman–Crippen LogP) is 3.76. The Hall–Kier alpha value is -2.09. The lowest BCUT2D eigenvalue weighted by Crippen LogP contribution is -1.88. The van der Waals surface area contributed by atoms with Crippen molar-refractivity contribution in [3.8, 4) is 5.75 Å². The number of hydrogen-bond acceptors (Lipinski definition) is 2. The summed E-state index contributed by atoms with van der Waals surface area (Å²) in [6.07, 6.45) is 5.86. The van der Waals surface area contributed by atoms with Gasteiger partial charge in [0.05, 0.1) is 0 Å². The van der Waals surface area contributed by atoms with E-state index in [4.69, 9.17) is 4.74 Å². The monoisotopic (exact) mass is 228 g/mol. The van der Waals surface area contributed by atoms with Crippen molar-refractivity contribution in [3.63, 3.8) is 0 Å². The number of rotatable bonds is 5. The zero-order valence-corrected chi connectivity index (χ0v) is 10.1. The van der Waals surface area contributed by atoms with Crippen LogP contribution in [0, 0.1) is 0 Å². The summed E-state index contributed by atoms with van der Waals surface area (Å²) < 4.78 is 4.73. The molecule has 2 nitrogen and oxygen atoms in total. The Morgan fingerprint density at radius 3 is 2.35 bits per heavy atom. The molecule has 0 N–H and O–H groups in total. The Kier molecular flexibility index (Phi) is 4.95. The van der Waals surface area contributed by atoms with Crippen LogP contribution >= 0.6 is 0 Å². The van der Waals surface area contributed by atoms with Crippen LogP contribution in [0.5, 0.6) is 5.75 Å². The minimum Gasteiger partial charge on any atom is -0.429 e. The third-order valence-corrected chi connectivity index (χ3v) is 2.41. The van der Waals surface area contributed by atoms with Gasteiger partial charge < -0.3 is 4.74 Å². The summed E-state index contributed by atoms with van der Waals surface area (Å²) in [5.74, 6) is 0.550. The van der Waals surface area contributed by atoms with E-state index in [-0.39, 0.29) is 0 Å². The molecule has 1 rings (SSSR count). The van der Waals surface area contributed by atoms with Gasteiger partial charge in [0.25, 0.3) is 6.47 Å². The maximum atomic E-state index is 10.2. The quantitative estimate of drug-likeness (QED) is 0.566. The van der Waals surface area contributed by atoms with Gasteiger partial charge in [-0.3, -0.25) is 4.79 Å². The van der Waals surface area contributed by atoms with Crippen LogP contribution in [0.25, 0.3) is 5.57 Å². The second-order valence-corrected chi connectivity index (χ2v) is 3.70. The third-order valence-electron chi connectivity index (χ3n) is 2.41. The molecule has 0 saturated carbocycles. The Labute approximate surface area is 102 Å². The van der Waals surface area contributed by atoms with E-state index in [1.807, 2.05) is 44.2 Å². The van der Waals surface area contributed by atoms with Crippen molar-refractivity contribution in [2.75, 3.05) is 0 Å². The summed E-state index contributed by atoms with van der Waals surface area (Å²) >= 11 is 0. The molecule has 88 valence electrons. The lowest BCUT2D eigenvalue weighted by molar-refractivity contribution is -0.120. The standard InChI is InChI=1S/C15H16O2/c1-4-12(2)5-6-13(3)14-7-9-15(10-8-14)17-11-16/h4-11H,1H2,2-3H3/b12-5+,13-6+. The fraction of sp³-hybridized carbons (Fsp3) is 0.133. The van der Waals surface area contributed by atoms with Crippen LogP contribution in [0.15, 0.2) is 54.6 Å². The molecule has 0 radical (unpaired) electrons. The Morgan fingerprint density at radius 1 is 1.18 bits per heavy atom. The highest BCUT2D eigenvalue weighted by Gasteiger charge is 1.96. The van der Waals surface area contributed by atoms with Crippen LogP contribution in [0.3, 0.4) is 0 Å². The van der Waals surface area contributed by atoms with Gasteiger partial charge in [0, 0.05) is 0 Å². The molecular weight excluding hydrogens is 212 g/mol. The van der Waals surface area contributed by atoms with Crippen molar-refractivity contribution in [2.24, 2.45) is 0 Å². The molecule has 0 heterocycles. The van der Waals surface area contributed by atoms with Crippen LogP contribution in [0.2, 0.25) is 0 Å². The van der Waals surface area contributed by atoms with E-state index in [0.29, 0.717) is 12.2 Å². The van der Waals surface area contributed by atoms with E-state index < -0.39 is 0 Å². The molecule has 1 aromatic carbocycles. The lowest BCUT2D eigenvalue weighted by Gasteiger charge is -2.02. The molecular formula is C15H16O2. The summed E-state index contributed by atoms with van der Waals surface area (Å²) in [7, 11) is 0. The van der Waals surface area contributed by atoms with Gasteiger partial charge in [0.2, 0.25) is 0 Å². The van der Waals surface area contributed by atoms with Crippen molar-refractivity contribution in [3.05, 3.63) is 60.2 Å². The van der Waals surface area contributed by atoms with Crippen LogP contribution < -0.4 is 4.74 Å². The Balaban J connectivity index is 2.85. The van der Waals surface area contributed by atoms with E-state index in [9.17, 15) is 4.79 Å². The summed E-state index contributed by atoms with van der Waals surface area (Å²) in [5.41, 5.74) is 3.35. The molecule has 1 aromatic rings. The number of allylic oxidation sites excluding steroid dienone is 5. The maximum Gasteiger partial charge on any atom is 0.298 e. The van der Waals surface area contributed by atoms with Crippen molar-refractivity contribution >= 4 is 12.0 Å². The molecule has 0 amide bonds. The molecule has 0 aliphatic carbocycles. The number of ether oxygens (including phenoxy) is 1. The van der Waals surface area contributed by atoms with Gasteiger partial charge in [-0.25, -0.2) is 0 Å². The fourth-order valence-electron chi connectivity index (χ4n) is 1.27. The van der Waals surface area contributed by atoms with Crippen molar-refractivity contribution in [1.29, 1.82) is 0 Å². The first kappa shape index (κ1) is 13.0. The van der Waals surface area contributed by atoms with Gasteiger partial charge in [0.15, 0.2) is 0 Å². The van der Waals surface area contributed by atoms with Gasteiger partial charge in [-0.05, 0) is 37.1 Å². The molecule has 0 bridgehead atoms. The zero-order valence-electron chi connectivity index (χ0n) is 10.1. The first-order chi connectivity index (χ1) is 8.17. The minimum atomic E-state index is 0.424. The van der Waals surface area contributed by atoms with E-state index in [0.717, 1.165) is 16.7 Å². The summed E-state index contributed by atoms with van der Waals surface area (Å²) in [5, 5.41) is 0. The first-order valence-electron chi connectivity index (χ1n) is 5.35. The highest BCUT2D eigenvalue weighted by Crippen LogP contribution is 2.18. The SMILES string of the molecule is C=C/C(C)=C/C=C(\C)c1ccc(OC=O)cc1. The number of benzene rings is 1. The van der Waals surface area contributed by atoms with Gasteiger partial charge in [-0.15, -0.1) is 0 Å². The van der Waals surface area contributed by atoms with Gasteiger partial charge in [-0.2, -0.15) is 0 Å². The summed E-state index contributed by atoms with van der Waals surface area (Å²) in [6, 6.07) is 7.37. The molecule has 0 saturated heterocycles. The topological polar surface area (TPSA) is 26.3 Å². The molecule has 17 heavy (non-hydrogen) atoms. The van der Waals surface area contributed by atoms with Gasteiger partial charge in [-0.1, -0.05) is 42.5 Å². The van der Waals surface area contributed by atoms with Gasteiger partial charge >= 0.3 is 0 Å². The third kappa shape index (κ3) is 4.11. The molecule has 0 aromatic heterocycles. The highest BCUT2D eigenvalue weighted by atomic mass is 16.5. The summed E-state index contributed by atoms with van der Waals surface area (Å²) in [6.45, 7) is 8.15. The minimum absolute atomic E-state index is 0.424. The van der Waals surface area contributed by atoms with E-state index >= 15 is 0 Å². The van der Waals surface area contributed by atoms with E-state index in [1.54, 1.807) is 12.1 Å². The second kappa shape index (κ2) is 6.48. The fourth-order valence-corrected chi connectivity index (χ4v) is 1.27. The molecule has 0 spiro atoms. The first-order valence-corrected chi connectivity index (χ1v) is 5.35. The van der Waals surface area contributed by atoms with E-state index in [2.05, 4.69) is 6.58 Å². The van der Waals surface area contributed by atoms with Gasteiger partial charge in [0.1, 0.15) is 5.75 Å². The smallest absolute Gasteiger partial charge is 0.298 e. The average Bonchev–Trinajstić information content (AvgIpc) is 2.36. The van der Waals surface area contributed by atoms with Crippen LogP contribution in [0.4, 0.5) is 0 Å². The predicted molar refractivity (Wildman–Crippen MR) is 70.7 cm³/mol. The molecule has 2 heteroatoms. The highest BCUT2D eigenvalue weighted by molar-refractivity contribution is 5.66. The van der Waals surface area contributed by atoms with Crippen molar-refractivity contribution in [1.82, 2.24) is 0 Å². The second-order valence-electron chi connectivity index (χ2n) is 3.70. The number of carbonyl (C=O) groups is 1. The molecule has 0 atom stereocenters. The normalized spacial score (nSPS) is 12.1. The molecule has 0 aliphatic rings. The van der Waals surface area contributed by atoms with Crippen LogP contribution in [0.1, 0.15) is 19.4 Å². The maximum absolute atomic E-state index is 10.2. The summed E-state index contributed by atoms with van der Waals surface area (Å²) in [4.78, 5) is 10.2. The molecule has 0 fully saturated rings. The number of carbonyl (C=O) groups excluding carboxylic acids is 1. The average molecular weight is 228 g/mol. The molecule has 0 unspecified atom stereocenters. The van der Waals surface area contributed by atoms with E-state index in [1.165, 1.54) is 0 Å². The number of hydrogen-bond donors (Lipinski definition) is 0. The van der Waals surface area contributed by atoms with Crippen LogP contribution in [-0.4, -0.2) is 6.47 Å². The Bertz CT molecular complexity index is 450. The van der Waals surface area contributed by atoms with Crippen molar-refractivity contribution < 1.29 is 9.53 Å². The molecule has 0 aliphatic heterocycles. The van der Waals surface area contributed by atoms with Crippen LogP contribution in [-0.2, 0) is 4.79 Å². The van der Waals surface area contributed by atoms with Crippen molar-refractivity contribution in [2.45, 2.75) is 13.8 Å². The largest absolute Gasteiger partial charge is 0.429 e. The lowest BCUT2D eigenvalue weighted by atomic mass is 10.1.